The highest BCUT2D eigenvalue weighted by Gasteiger charge is 2.38. The molecule has 2 aromatic carbocycles. The minimum Gasteiger partial charge on any atom is -0.381 e. The van der Waals surface area contributed by atoms with Gasteiger partial charge in [-0.1, -0.05) is 18.2 Å². The Kier molecular flexibility index (Phi) is 6.36. The molecular weight excluding hydrogens is 450 g/mol. The Bertz CT molecular complexity index is 1110. The second kappa shape index (κ2) is 9.43. The van der Waals surface area contributed by atoms with E-state index in [1.807, 2.05) is 42.2 Å². The highest BCUT2D eigenvalue weighted by atomic mass is 32.2. The predicted octanol–water partition coefficient (Wildman–Crippen LogP) is 3.48. The molecule has 5 rings (SSSR count). The summed E-state index contributed by atoms with van der Waals surface area (Å²) in [5, 5.41) is 5.62. The normalized spacial score (nSPS) is 20.6. The number of ether oxygens (including phenoxy) is 1. The van der Waals surface area contributed by atoms with Crippen molar-refractivity contribution < 1.29 is 19.1 Å². The zero-order valence-electron chi connectivity index (χ0n) is 19.3. The van der Waals surface area contributed by atoms with Crippen molar-refractivity contribution in [1.82, 2.24) is 5.32 Å². The van der Waals surface area contributed by atoms with Gasteiger partial charge in [-0.25, -0.2) is 0 Å². The molecule has 3 aliphatic rings. The first-order chi connectivity index (χ1) is 16.5. The van der Waals surface area contributed by atoms with Crippen molar-refractivity contribution in [1.29, 1.82) is 0 Å². The van der Waals surface area contributed by atoms with Crippen LogP contribution in [0, 0.1) is 0 Å². The summed E-state index contributed by atoms with van der Waals surface area (Å²) in [7, 11) is 0. The van der Waals surface area contributed by atoms with Gasteiger partial charge in [-0.15, -0.1) is 11.8 Å². The van der Waals surface area contributed by atoms with Crippen molar-refractivity contribution in [2.75, 3.05) is 36.5 Å². The van der Waals surface area contributed by atoms with Crippen LogP contribution in [-0.2, 0) is 25.5 Å². The van der Waals surface area contributed by atoms with Crippen molar-refractivity contribution in [2.24, 2.45) is 0 Å². The van der Waals surface area contributed by atoms with Gasteiger partial charge in [0, 0.05) is 41.6 Å². The van der Waals surface area contributed by atoms with Crippen LogP contribution in [0.1, 0.15) is 43.2 Å². The predicted molar refractivity (Wildman–Crippen MR) is 132 cm³/mol. The van der Waals surface area contributed by atoms with Crippen LogP contribution < -0.4 is 15.5 Å². The number of amides is 3. The van der Waals surface area contributed by atoms with Crippen molar-refractivity contribution in [3.63, 3.8) is 0 Å². The summed E-state index contributed by atoms with van der Waals surface area (Å²) >= 11 is 1.73. The molecule has 3 amide bonds. The number of carbonyl (C=O) groups excluding carboxylic acids is 3. The number of benzene rings is 2. The Morgan fingerprint density at radius 2 is 1.91 bits per heavy atom. The summed E-state index contributed by atoms with van der Waals surface area (Å²) in [4.78, 5) is 41.0. The molecule has 1 fully saturated rings. The lowest BCUT2D eigenvalue weighted by atomic mass is 9.96. The Morgan fingerprint density at radius 1 is 1.15 bits per heavy atom. The van der Waals surface area contributed by atoms with Gasteiger partial charge in [0.05, 0.1) is 11.6 Å². The molecule has 1 unspecified atom stereocenters. The zero-order valence-corrected chi connectivity index (χ0v) is 20.1. The molecule has 7 nitrogen and oxygen atoms in total. The average molecular weight is 480 g/mol. The number of nitrogens with one attached hydrogen (secondary N) is 2. The van der Waals surface area contributed by atoms with E-state index in [0.29, 0.717) is 25.4 Å². The number of hydrogen-bond donors (Lipinski definition) is 2. The number of hydrogen-bond acceptors (Lipinski definition) is 5. The van der Waals surface area contributed by atoms with Gasteiger partial charge in [-0.3, -0.25) is 14.4 Å². The van der Waals surface area contributed by atoms with E-state index in [2.05, 4.69) is 22.8 Å². The van der Waals surface area contributed by atoms with Crippen molar-refractivity contribution in [3.05, 3.63) is 53.6 Å². The number of aryl methyl sites for hydroxylation is 1. The third-order valence-electron chi connectivity index (χ3n) is 6.94. The van der Waals surface area contributed by atoms with Gasteiger partial charge in [-0.05, 0) is 68.0 Å². The Morgan fingerprint density at radius 3 is 2.68 bits per heavy atom. The molecule has 1 atom stereocenters. The molecule has 0 aromatic heterocycles. The van der Waals surface area contributed by atoms with E-state index in [4.69, 9.17) is 4.74 Å². The molecule has 1 saturated heterocycles. The van der Waals surface area contributed by atoms with Gasteiger partial charge >= 0.3 is 11.8 Å². The number of rotatable bonds is 5. The van der Waals surface area contributed by atoms with Crippen LogP contribution in [0.5, 0.6) is 0 Å². The molecule has 34 heavy (non-hydrogen) atoms. The van der Waals surface area contributed by atoms with Gasteiger partial charge in [-0.2, -0.15) is 0 Å². The molecule has 0 aliphatic carbocycles. The number of anilines is 2. The monoisotopic (exact) mass is 479 g/mol. The van der Waals surface area contributed by atoms with Crippen LogP contribution in [0.15, 0.2) is 47.4 Å². The molecule has 8 heteroatoms. The summed E-state index contributed by atoms with van der Waals surface area (Å²) in [6.07, 6.45) is 3.35. The van der Waals surface area contributed by atoms with Crippen LogP contribution >= 0.6 is 11.8 Å². The Hall–Kier alpha value is -2.84. The lowest BCUT2D eigenvalue weighted by Gasteiger charge is -2.36. The van der Waals surface area contributed by atoms with Crippen LogP contribution in [0.25, 0.3) is 0 Å². The molecule has 0 radical (unpaired) electrons. The number of thioether (sulfide) groups is 1. The maximum atomic E-state index is 12.7. The Balaban J connectivity index is 1.26. The molecule has 178 valence electrons. The van der Waals surface area contributed by atoms with Gasteiger partial charge in [0.1, 0.15) is 0 Å². The topological polar surface area (TPSA) is 87.7 Å². The number of carbonyl (C=O) groups is 3. The first kappa shape index (κ1) is 22.9. The second-order valence-corrected chi connectivity index (χ2v) is 10.8. The van der Waals surface area contributed by atoms with E-state index in [-0.39, 0.29) is 16.6 Å². The van der Waals surface area contributed by atoms with E-state index in [1.54, 1.807) is 11.8 Å². The van der Waals surface area contributed by atoms with Gasteiger partial charge in [0.15, 0.2) is 0 Å². The molecule has 3 heterocycles. The molecule has 0 saturated carbocycles. The maximum Gasteiger partial charge on any atom is 0.313 e. The first-order valence-electron chi connectivity index (χ1n) is 11.8. The van der Waals surface area contributed by atoms with Crippen molar-refractivity contribution >= 4 is 40.9 Å². The fourth-order valence-corrected chi connectivity index (χ4v) is 6.38. The minimum absolute atomic E-state index is 0.106. The highest BCUT2D eigenvalue weighted by Crippen LogP contribution is 2.44. The van der Waals surface area contributed by atoms with E-state index < -0.39 is 11.8 Å². The zero-order chi connectivity index (χ0) is 23.7. The molecule has 2 N–H and O–H groups in total. The molecule has 3 aliphatic heterocycles. The van der Waals surface area contributed by atoms with E-state index >= 15 is 0 Å². The van der Waals surface area contributed by atoms with Crippen LogP contribution in [0.4, 0.5) is 11.4 Å². The third kappa shape index (κ3) is 4.44. The van der Waals surface area contributed by atoms with Crippen molar-refractivity contribution in [3.8, 4) is 0 Å². The van der Waals surface area contributed by atoms with E-state index in [0.717, 1.165) is 53.9 Å². The largest absolute Gasteiger partial charge is 0.381 e. The summed E-state index contributed by atoms with van der Waals surface area (Å²) < 4.78 is 5.33. The number of nitrogens with zero attached hydrogens (tertiary/aromatic N) is 1. The molecule has 0 spiro atoms. The highest BCUT2D eigenvalue weighted by molar-refractivity contribution is 8.00. The summed E-state index contributed by atoms with van der Waals surface area (Å²) in [5.41, 5.74) is 3.54. The lowest BCUT2D eigenvalue weighted by Crippen LogP contribution is -2.47. The maximum absolute atomic E-state index is 12.7. The smallest absolute Gasteiger partial charge is 0.313 e. The van der Waals surface area contributed by atoms with Crippen molar-refractivity contribution in [2.45, 2.75) is 48.2 Å². The van der Waals surface area contributed by atoms with Gasteiger partial charge < -0.3 is 20.3 Å². The van der Waals surface area contributed by atoms with Gasteiger partial charge in [0.2, 0.25) is 5.91 Å². The second-order valence-electron chi connectivity index (χ2n) is 9.24. The van der Waals surface area contributed by atoms with Gasteiger partial charge in [0.25, 0.3) is 0 Å². The SMILES string of the molecule is CC1C(=O)N2CCCc3cc(NC(=O)C(=O)NCC4(Sc5ccccc5)CCOCC4)cc1c32. The average Bonchev–Trinajstić information content (AvgIpc) is 3.10. The molecular formula is C26H29N3O4S. The fourth-order valence-electron chi connectivity index (χ4n) is 5.07. The standard InChI is InChI=1S/C26H29N3O4S/c1-17-21-15-19(14-18-6-5-11-29(22(18)21)25(17)32)28-24(31)23(30)27-16-26(9-12-33-13-10-26)34-20-7-3-2-4-8-20/h2-4,7-8,14-15,17H,5-6,9-13,16H2,1H3,(H,27,30)(H,28,31). The minimum atomic E-state index is -0.691. The summed E-state index contributed by atoms with van der Waals surface area (Å²) in [6, 6.07) is 13.8. The quantitative estimate of drug-likeness (QED) is 0.641. The molecule has 2 aromatic rings. The fraction of sp³-hybridized carbons (Fsp3) is 0.423. The summed E-state index contributed by atoms with van der Waals surface area (Å²) in [5.74, 6) is -1.47. The third-order valence-corrected chi connectivity index (χ3v) is 8.43. The molecule has 0 bridgehead atoms. The lowest BCUT2D eigenvalue weighted by molar-refractivity contribution is -0.136. The Labute approximate surface area is 203 Å². The summed E-state index contributed by atoms with van der Waals surface area (Å²) in [6.45, 7) is 4.29. The first-order valence-corrected chi connectivity index (χ1v) is 12.7. The van der Waals surface area contributed by atoms with Crippen LogP contribution in [0.3, 0.4) is 0 Å². The van der Waals surface area contributed by atoms with Crippen LogP contribution in [-0.4, -0.2) is 48.8 Å². The van der Waals surface area contributed by atoms with E-state index in [1.165, 1.54) is 0 Å². The van der Waals surface area contributed by atoms with E-state index in [9.17, 15) is 14.4 Å². The van der Waals surface area contributed by atoms with Crippen LogP contribution in [0.2, 0.25) is 0 Å².